The van der Waals surface area contributed by atoms with Gasteiger partial charge in [0.2, 0.25) is 0 Å². The van der Waals surface area contributed by atoms with Crippen LogP contribution in [0.15, 0.2) is 12.4 Å². The molecular weight excluding hydrogens is 252 g/mol. The molecule has 1 atom stereocenters. The number of urea groups is 1. The average molecular weight is 270 g/mol. The van der Waals surface area contributed by atoms with Gasteiger partial charge in [0.15, 0.2) is 0 Å². The highest BCUT2D eigenvalue weighted by molar-refractivity contribution is 5.91. The van der Waals surface area contributed by atoms with Gasteiger partial charge in [-0.3, -0.25) is 4.68 Å². The minimum atomic E-state index is -1.06. The zero-order valence-corrected chi connectivity index (χ0v) is 10.9. The molecule has 19 heavy (non-hydrogen) atoms. The molecule has 1 aromatic heterocycles. The van der Waals surface area contributed by atoms with E-state index in [-0.39, 0.29) is 0 Å². The first-order valence-corrected chi connectivity index (χ1v) is 5.88. The van der Waals surface area contributed by atoms with Gasteiger partial charge in [0, 0.05) is 13.3 Å². The van der Waals surface area contributed by atoms with Gasteiger partial charge < -0.3 is 20.5 Å². The van der Waals surface area contributed by atoms with Crippen LogP contribution in [0.25, 0.3) is 0 Å². The Morgan fingerprint density at radius 2 is 2.32 bits per heavy atom. The number of aliphatic carboxylic acids is 1. The SMILES string of the molecule is CCC(NC(=O)Nc1cnn(CCOC)c1)C(=O)O. The lowest BCUT2D eigenvalue weighted by Gasteiger charge is -2.12. The summed E-state index contributed by atoms with van der Waals surface area (Å²) in [6, 6.07) is -1.47. The molecule has 0 radical (unpaired) electrons. The first kappa shape index (κ1) is 15.0. The predicted octanol–water partition coefficient (Wildman–Crippen LogP) is 0.514. The summed E-state index contributed by atoms with van der Waals surface area (Å²) in [7, 11) is 1.59. The third kappa shape index (κ3) is 4.96. The quantitative estimate of drug-likeness (QED) is 0.669. The fraction of sp³-hybridized carbons (Fsp3) is 0.545. The molecule has 0 spiro atoms. The standard InChI is InChI=1S/C11H18N4O4/c1-3-9(10(16)17)14-11(18)13-8-6-12-15(7-8)4-5-19-2/h6-7,9H,3-5H2,1-2H3,(H,16,17)(H2,13,14,18). The van der Waals surface area contributed by atoms with E-state index in [1.807, 2.05) is 0 Å². The third-order valence-corrected chi connectivity index (χ3v) is 2.43. The van der Waals surface area contributed by atoms with Crippen LogP contribution in [-0.2, 0) is 16.1 Å². The number of carboxylic acids is 1. The van der Waals surface area contributed by atoms with Crippen LogP contribution in [0, 0.1) is 0 Å². The van der Waals surface area contributed by atoms with Crippen molar-refractivity contribution < 1.29 is 19.4 Å². The number of rotatable bonds is 7. The van der Waals surface area contributed by atoms with Gasteiger partial charge in [-0.15, -0.1) is 0 Å². The molecule has 0 aromatic carbocycles. The molecule has 1 unspecified atom stereocenters. The normalized spacial score (nSPS) is 11.9. The van der Waals surface area contributed by atoms with Crippen LogP contribution in [0.5, 0.6) is 0 Å². The summed E-state index contributed by atoms with van der Waals surface area (Å²) >= 11 is 0. The summed E-state index contributed by atoms with van der Waals surface area (Å²) in [4.78, 5) is 22.3. The molecular formula is C11H18N4O4. The monoisotopic (exact) mass is 270 g/mol. The average Bonchev–Trinajstić information content (AvgIpc) is 2.80. The van der Waals surface area contributed by atoms with Crippen molar-refractivity contribution in [3.05, 3.63) is 12.4 Å². The molecule has 1 heterocycles. The summed E-state index contributed by atoms with van der Waals surface area (Å²) in [5.74, 6) is -1.06. The molecule has 0 saturated heterocycles. The van der Waals surface area contributed by atoms with Crippen LogP contribution >= 0.6 is 0 Å². The summed E-state index contributed by atoms with van der Waals surface area (Å²) in [5.41, 5.74) is 0.494. The molecule has 3 N–H and O–H groups in total. The van der Waals surface area contributed by atoms with Gasteiger partial charge in [-0.05, 0) is 6.42 Å². The highest BCUT2D eigenvalue weighted by Gasteiger charge is 2.17. The lowest BCUT2D eigenvalue weighted by atomic mass is 10.2. The van der Waals surface area contributed by atoms with Crippen molar-refractivity contribution in [3.63, 3.8) is 0 Å². The number of hydrogen-bond donors (Lipinski definition) is 3. The number of nitrogens with zero attached hydrogens (tertiary/aromatic N) is 2. The molecule has 0 fully saturated rings. The summed E-state index contributed by atoms with van der Waals surface area (Å²) in [6.07, 6.45) is 3.44. The van der Waals surface area contributed by atoms with Gasteiger partial charge in [0.1, 0.15) is 6.04 Å². The van der Waals surface area contributed by atoms with Gasteiger partial charge >= 0.3 is 12.0 Å². The molecule has 0 bridgehead atoms. The van der Waals surface area contributed by atoms with Gasteiger partial charge in [-0.2, -0.15) is 5.10 Å². The molecule has 106 valence electrons. The van der Waals surface area contributed by atoms with Crippen LogP contribution in [0.4, 0.5) is 10.5 Å². The maximum Gasteiger partial charge on any atom is 0.326 e. The zero-order chi connectivity index (χ0) is 14.3. The van der Waals surface area contributed by atoms with Gasteiger partial charge in [-0.1, -0.05) is 6.92 Å². The van der Waals surface area contributed by atoms with Crippen LogP contribution in [0.1, 0.15) is 13.3 Å². The molecule has 0 saturated carbocycles. The number of carbonyl (C=O) groups is 2. The van der Waals surface area contributed by atoms with Gasteiger partial charge in [0.25, 0.3) is 0 Å². The summed E-state index contributed by atoms with van der Waals surface area (Å²) in [6.45, 7) is 2.78. The third-order valence-electron chi connectivity index (χ3n) is 2.43. The minimum Gasteiger partial charge on any atom is -0.480 e. The van der Waals surface area contributed by atoms with Crippen LogP contribution in [0.2, 0.25) is 0 Å². The van der Waals surface area contributed by atoms with E-state index in [4.69, 9.17) is 9.84 Å². The maximum absolute atomic E-state index is 11.6. The fourth-order valence-electron chi connectivity index (χ4n) is 1.40. The summed E-state index contributed by atoms with van der Waals surface area (Å²) < 4.78 is 6.52. The molecule has 0 aliphatic heterocycles. The van der Waals surface area contributed by atoms with Crippen molar-refractivity contribution >= 4 is 17.7 Å². The van der Waals surface area contributed by atoms with E-state index in [0.29, 0.717) is 25.3 Å². The second-order valence-corrected chi connectivity index (χ2v) is 3.88. The number of ether oxygens (including phenoxy) is 1. The Morgan fingerprint density at radius 1 is 1.58 bits per heavy atom. The molecule has 2 amide bonds. The second kappa shape index (κ2) is 7.37. The Kier molecular flexibility index (Phi) is 5.80. The Hall–Kier alpha value is -2.09. The molecule has 8 heteroatoms. The number of aromatic nitrogens is 2. The van der Waals surface area contributed by atoms with E-state index in [0.717, 1.165) is 0 Å². The van der Waals surface area contributed by atoms with Crippen molar-refractivity contribution in [1.29, 1.82) is 0 Å². The Bertz CT molecular complexity index is 432. The zero-order valence-electron chi connectivity index (χ0n) is 10.9. The summed E-state index contributed by atoms with van der Waals surface area (Å²) in [5, 5.41) is 17.7. The number of hydrogen-bond acceptors (Lipinski definition) is 4. The number of methoxy groups -OCH3 is 1. The molecule has 1 rings (SSSR count). The molecule has 0 aliphatic rings. The van der Waals surface area contributed by atoms with Gasteiger partial charge in [-0.25, -0.2) is 9.59 Å². The lowest BCUT2D eigenvalue weighted by molar-refractivity contribution is -0.139. The van der Waals surface area contributed by atoms with E-state index in [2.05, 4.69) is 15.7 Å². The Balaban J connectivity index is 2.47. The van der Waals surface area contributed by atoms with E-state index in [1.54, 1.807) is 24.9 Å². The topological polar surface area (TPSA) is 105 Å². The van der Waals surface area contributed by atoms with Crippen molar-refractivity contribution in [1.82, 2.24) is 15.1 Å². The number of carboxylic acid groups (broad SMARTS) is 1. The van der Waals surface area contributed by atoms with E-state index < -0.39 is 18.0 Å². The van der Waals surface area contributed by atoms with Crippen LogP contribution in [0.3, 0.4) is 0 Å². The number of amides is 2. The fourth-order valence-corrected chi connectivity index (χ4v) is 1.40. The number of anilines is 1. The smallest absolute Gasteiger partial charge is 0.326 e. The van der Waals surface area contributed by atoms with Crippen LogP contribution < -0.4 is 10.6 Å². The van der Waals surface area contributed by atoms with E-state index in [1.165, 1.54) is 6.20 Å². The molecule has 8 nitrogen and oxygen atoms in total. The van der Waals surface area contributed by atoms with Crippen molar-refractivity contribution in [2.24, 2.45) is 0 Å². The van der Waals surface area contributed by atoms with Crippen molar-refractivity contribution in [3.8, 4) is 0 Å². The first-order chi connectivity index (χ1) is 9.06. The predicted molar refractivity (Wildman–Crippen MR) is 68.0 cm³/mol. The van der Waals surface area contributed by atoms with Crippen molar-refractivity contribution in [2.45, 2.75) is 25.9 Å². The van der Waals surface area contributed by atoms with Crippen LogP contribution in [-0.4, -0.2) is 46.6 Å². The highest BCUT2D eigenvalue weighted by atomic mass is 16.5. The van der Waals surface area contributed by atoms with Crippen molar-refractivity contribution in [2.75, 3.05) is 19.0 Å². The van der Waals surface area contributed by atoms with Gasteiger partial charge in [0.05, 0.1) is 25.0 Å². The second-order valence-electron chi connectivity index (χ2n) is 3.88. The number of nitrogens with one attached hydrogen (secondary N) is 2. The number of carbonyl (C=O) groups excluding carboxylic acids is 1. The largest absolute Gasteiger partial charge is 0.480 e. The Morgan fingerprint density at radius 3 is 2.89 bits per heavy atom. The lowest BCUT2D eigenvalue weighted by Crippen LogP contribution is -2.42. The molecule has 0 aliphatic carbocycles. The maximum atomic E-state index is 11.6. The Labute approximate surface area is 110 Å². The first-order valence-electron chi connectivity index (χ1n) is 5.88. The highest BCUT2D eigenvalue weighted by Crippen LogP contribution is 2.04. The van der Waals surface area contributed by atoms with E-state index >= 15 is 0 Å². The minimum absolute atomic E-state index is 0.315. The van der Waals surface area contributed by atoms with E-state index in [9.17, 15) is 9.59 Å². The molecule has 1 aromatic rings.